The third-order valence-corrected chi connectivity index (χ3v) is 5.43. The van der Waals surface area contributed by atoms with Gasteiger partial charge in [-0.05, 0) is 53.9 Å². The lowest BCUT2D eigenvalue weighted by atomic mass is 10.0. The van der Waals surface area contributed by atoms with Gasteiger partial charge < -0.3 is 15.0 Å². The van der Waals surface area contributed by atoms with Gasteiger partial charge in [0.25, 0.3) is 5.91 Å². The summed E-state index contributed by atoms with van der Waals surface area (Å²) in [5.41, 5.74) is 3.43. The molecule has 160 valence electrons. The fraction of sp³-hybridized carbons (Fsp3) is 0.160. The van der Waals surface area contributed by atoms with Gasteiger partial charge in [0.05, 0.1) is 17.8 Å². The summed E-state index contributed by atoms with van der Waals surface area (Å²) in [5.74, 6) is 0.228. The molecule has 0 atom stereocenters. The average molecular weight is 446 g/mol. The maximum atomic E-state index is 13.2. The van der Waals surface area contributed by atoms with Crippen molar-refractivity contribution in [2.24, 2.45) is 0 Å². The van der Waals surface area contributed by atoms with Gasteiger partial charge in [0.1, 0.15) is 11.8 Å². The van der Waals surface area contributed by atoms with Crippen LogP contribution in [-0.4, -0.2) is 18.4 Å². The van der Waals surface area contributed by atoms with Gasteiger partial charge in [0.2, 0.25) is 5.91 Å². The maximum Gasteiger partial charge on any atom is 0.265 e. The summed E-state index contributed by atoms with van der Waals surface area (Å²) in [4.78, 5) is 26.3. The number of rotatable bonds is 6. The standard InChI is InChI=1S/C25H20ClN3O3/c26-20-8-6-19(14-27)23(13-20)29(15-17-4-2-1-3-5-17)25(31)16-32-21-9-10-22-18(12-21)7-11-24(30)28-22/h1-6,8-10,12-13H,7,11,15-16H2,(H,28,30). The number of nitrogens with zero attached hydrogens (tertiary/aromatic N) is 2. The van der Waals surface area contributed by atoms with Gasteiger partial charge in [-0.3, -0.25) is 9.59 Å². The Hall–Kier alpha value is -3.82. The molecule has 0 aromatic heterocycles. The lowest BCUT2D eigenvalue weighted by molar-refractivity contribution is -0.120. The van der Waals surface area contributed by atoms with Crippen LogP contribution in [0.4, 0.5) is 11.4 Å². The summed E-state index contributed by atoms with van der Waals surface area (Å²) in [5, 5.41) is 12.8. The molecule has 0 saturated heterocycles. The molecule has 3 aromatic carbocycles. The second-order valence-corrected chi connectivity index (χ2v) is 7.83. The van der Waals surface area contributed by atoms with Crippen LogP contribution < -0.4 is 15.0 Å². The third kappa shape index (κ3) is 4.90. The average Bonchev–Trinajstić information content (AvgIpc) is 2.81. The van der Waals surface area contributed by atoms with Gasteiger partial charge in [-0.2, -0.15) is 5.26 Å². The number of nitrogens with one attached hydrogen (secondary N) is 1. The molecule has 0 unspecified atom stereocenters. The lowest BCUT2D eigenvalue weighted by Crippen LogP contribution is -2.35. The first-order valence-electron chi connectivity index (χ1n) is 10.1. The Morgan fingerprint density at radius 3 is 2.69 bits per heavy atom. The number of amides is 2. The minimum absolute atomic E-state index is 0.00674. The molecule has 3 aromatic rings. The first kappa shape index (κ1) is 21.4. The van der Waals surface area contributed by atoms with Crippen LogP contribution in [-0.2, 0) is 22.6 Å². The summed E-state index contributed by atoms with van der Waals surface area (Å²) in [6.45, 7) is 0.0592. The fourth-order valence-electron chi connectivity index (χ4n) is 3.57. The number of nitriles is 1. The molecule has 7 heteroatoms. The molecular weight excluding hydrogens is 426 g/mol. The quantitative estimate of drug-likeness (QED) is 0.595. The van der Waals surface area contributed by atoms with Crippen molar-refractivity contribution in [2.45, 2.75) is 19.4 Å². The number of anilines is 2. The summed E-state index contributed by atoms with van der Waals surface area (Å²) in [6, 6.07) is 21.8. The minimum Gasteiger partial charge on any atom is -0.484 e. The molecular formula is C25H20ClN3O3. The maximum absolute atomic E-state index is 13.2. The smallest absolute Gasteiger partial charge is 0.265 e. The van der Waals surface area contributed by atoms with Gasteiger partial charge in [-0.15, -0.1) is 0 Å². The van der Waals surface area contributed by atoms with E-state index in [-0.39, 0.29) is 25.0 Å². The highest BCUT2D eigenvalue weighted by Crippen LogP contribution is 2.28. The number of carbonyl (C=O) groups excluding carboxylic acids is 2. The molecule has 4 rings (SSSR count). The number of benzene rings is 3. The van der Waals surface area contributed by atoms with Crippen LogP contribution in [0.3, 0.4) is 0 Å². The van der Waals surface area contributed by atoms with Crippen molar-refractivity contribution < 1.29 is 14.3 Å². The van der Waals surface area contributed by atoms with Crippen molar-refractivity contribution in [2.75, 3.05) is 16.8 Å². The summed E-state index contributed by atoms with van der Waals surface area (Å²) >= 11 is 6.17. The summed E-state index contributed by atoms with van der Waals surface area (Å²) < 4.78 is 5.78. The molecule has 6 nitrogen and oxygen atoms in total. The van der Waals surface area contributed by atoms with Crippen molar-refractivity contribution in [3.05, 3.63) is 88.4 Å². The third-order valence-electron chi connectivity index (χ3n) is 5.19. The molecule has 0 radical (unpaired) electrons. The van der Waals surface area contributed by atoms with Crippen molar-refractivity contribution in [3.8, 4) is 11.8 Å². The molecule has 1 aliphatic heterocycles. The monoisotopic (exact) mass is 445 g/mol. The Morgan fingerprint density at radius 2 is 1.91 bits per heavy atom. The van der Waals surface area contributed by atoms with Crippen LogP contribution in [0, 0.1) is 11.3 Å². The molecule has 0 aliphatic carbocycles. The van der Waals surface area contributed by atoms with Crippen molar-refractivity contribution in [3.63, 3.8) is 0 Å². The minimum atomic E-state index is -0.307. The summed E-state index contributed by atoms with van der Waals surface area (Å²) in [7, 11) is 0. The van der Waals surface area contributed by atoms with E-state index < -0.39 is 0 Å². The number of hydrogen-bond donors (Lipinski definition) is 1. The van der Waals surface area contributed by atoms with E-state index in [4.69, 9.17) is 16.3 Å². The van der Waals surface area contributed by atoms with Crippen LogP contribution in [0.25, 0.3) is 0 Å². The molecule has 1 aliphatic rings. The number of hydrogen-bond acceptors (Lipinski definition) is 4. The highest BCUT2D eigenvalue weighted by molar-refractivity contribution is 6.31. The second kappa shape index (κ2) is 9.54. The zero-order chi connectivity index (χ0) is 22.5. The van der Waals surface area contributed by atoms with Crippen LogP contribution in [0.1, 0.15) is 23.1 Å². The zero-order valence-corrected chi connectivity index (χ0v) is 17.9. The molecule has 32 heavy (non-hydrogen) atoms. The Bertz CT molecular complexity index is 1200. The van der Waals surface area contributed by atoms with Crippen molar-refractivity contribution in [1.82, 2.24) is 0 Å². The van der Waals surface area contributed by atoms with E-state index in [9.17, 15) is 14.9 Å². The van der Waals surface area contributed by atoms with Crippen molar-refractivity contribution >= 4 is 34.8 Å². The highest BCUT2D eigenvalue weighted by atomic mass is 35.5. The first-order chi connectivity index (χ1) is 15.5. The van der Waals surface area contributed by atoms with Crippen molar-refractivity contribution in [1.29, 1.82) is 5.26 Å². The molecule has 2 amide bonds. The Kier molecular flexibility index (Phi) is 6.39. The normalized spacial score (nSPS) is 12.3. The van der Waals surface area contributed by atoms with Gasteiger partial charge in [0, 0.05) is 17.1 Å². The first-order valence-corrected chi connectivity index (χ1v) is 10.5. The van der Waals surface area contributed by atoms with Gasteiger partial charge in [-0.1, -0.05) is 41.9 Å². The highest BCUT2D eigenvalue weighted by Gasteiger charge is 2.21. The molecule has 0 saturated carbocycles. The van der Waals surface area contributed by atoms with Crippen LogP contribution >= 0.6 is 11.6 Å². The Labute approximate surface area is 191 Å². The van der Waals surface area contributed by atoms with E-state index in [0.717, 1.165) is 16.8 Å². The SMILES string of the molecule is N#Cc1ccc(Cl)cc1N(Cc1ccccc1)C(=O)COc1ccc2c(c1)CCC(=O)N2. The number of aryl methyl sites for hydroxylation is 1. The van der Waals surface area contributed by atoms with Gasteiger partial charge in [0.15, 0.2) is 6.61 Å². The largest absolute Gasteiger partial charge is 0.484 e. The Balaban J connectivity index is 1.56. The van der Waals surface area contributed by atoms with Gasteiger partial charge >= 0.3 is 0 Å². The molecule has 0 bridgehead atoms. The van der Waals surface area contributed by atoms with E-state index in [2.05, 4.69) is 11.4 Å². The van der Waals surface area contributed by atoms with E-state index >= 15 is 0 Å². The van der Waals surface area contributed by atoms with E-state index in [1.807, 2.05) is 36.4 Å². The number of ether oxygens (including phenoxy) is 1. The van der Waals surface area contributed by atoms with Crippen LogP contribution in [0.5, 0.6) is 5.75 Å². The predicted molar refractivity (Wildman–Crippen MR) is 123 cm³/mol. The number of fused-ring (bicyclic) bond motifs is 1. The molecule has 1 N–H and O–H groups in total. The second-order valence-electron chi connectivity index (χ2n) is 7.39. The van der Waals surface area contributed by atoms with Gasteiger partial charge in [-0.25, -0.2) is 0 Å². The molecule has 0 fully saturated rings. The lowest BCUT2D eigenvalue weighted by Gasteiger charge is -2.24. The topological polar surface area (TPSA) is 82.4 Å². The fourth-order valence-corrected chi connectivity index (χ4v) is 3.74. The number of carbonyl (C=O) groups is 2. The van der Waals surface area contributed by atoms with E-state index in [1.165, 1.54) is 4.90 Å². The molecule has 1 heterocycles. The van der Waals surface area contributed by atoms with Crippen LogP contribution in [0.2, 0.25) is 5.02 Å². The van der Waals surface area contributed by atoms with Crippen LogP contribution in [0.15, 0.2) is 66.7 Å². The van der Waals surface area contributed by atoms with E-state index in [0.29, 0.717) is 34.9 Å². The Morgan fingerprint density at radius 1 is 1.09 bits per heavy atom. The molecule has 0 spiro atoms. The predicted octanol–water partition coefficient (Wildman–Crippen LogP) is 4.71. The zero-order valence-electron chi connectivity index (χ0n) is 17.2. The number of halogens is 1. The summed E-state index contributed by atoms with van der Waals surface area (Å²) in [6.07, 6.45) is 1.05. The van der Waals surface area contributed by atoms with E-state index in [1.54, 1.807) is 30.3 Å².